The summed E-state index contributed by atoms with van der Waals surface area (Å²) < 4.78 is 0. The van der Waals surface area contributed by atoms with Crippen LogP contribution in [0.5, 0.6) is 0 Å². The number of rotatable bonds is 5. The normalized spacial score (nSPS) is 30.3. The van der Waals surface area contributed by atoms with Crippen molar-refractivity contribution in [2.45, 2.75) is 78.3 Å². The lowest BCUT2D eigenvalue weighted by molar-refractivity contribution is -0.00419. The molecule has 0 bridgehead atoms. The van der Waals surface area contributed by atoms with Crippen LogP contribution in [0.2, 0.25) is 0 Å². The standard InChI is InChI=1S/C17H34N2/c1-6-17(7-2)13-19(12-16(5)9-8-10-16)15(11-18-17)14(3)4/h14-15,18H,6-13H2,1-5H3. The number of nitrogens with one attached hydrogen (secondary N) is 1. The van der Waals surface area contributed by atoms with Crippen molar-refractivity contribution in [1.82, 2.24) is 10.2 Å². The Morgan fingerprint density at radius 3 is 2.26 bits per heavy atom. The van der Waals surface area contributed by atoms with Gasteiger partial charge in [-0.25, -0.2) is 0 Å². The first kappa shape index (κ1) is 15.3. The van der Waals surface area contributed by atoms with E-state index in [2.05, 4.69) is 44.8 Å². The molecular formula is C17H34N2. The second-order valence-electron chi connectivity index (χ2n) is 7.75. The molecule has 2 fully saturated rings. The molecule has 1 saturated carbocycles. The van der Waals surface area contributed by atoms with E-state index in [0.29, 0.717) is 11.0 Å². The Morgan fingerprint density at radius 2 is 1.84 bits per heavy atom. The minimum atomic E-state index is 0.367. The van der Waals surface area contributed by atoms with Crippen LogP contribution in [0.4, 0.5) is 0 Å². The molecule has 2 aliphatic rings. The Hall–Kier alpha value is -0.0800. The molecule has 1 heterocycles. The number of hydrogen-bond donors (Lipinski definition) is 1. The van der Waals surface area contributed by atoms with E-state index in [1.54, 1.807) is 0 Å². The van der Waals surface area contributed by atoms with Crippen LogP contribution in [-0.4, -0.2) is 36.1 Å². The fraction of sp³-hybridized carbons (Fsp3) is 1.00. The van der Waals surface area contributed by atoms with Gasteiger partial charge in [-0.2, -0.15) is 0 Å². The summed E-state index contributed by atoms with van der Waals surface area (Å²) in [5.74, 6) is 0.753. The lowest BCUT2D eigenvalue weighted by Crippen LogP contribution is -2.66. The molecule has 0 aromatic heterocycles. The van der Waals surface area contributed by atoms with Gasteiger partial charge in [0.25, 0.3) is 0 Å². The zero-order valence-electron chi connectivity index (χ0n) is 13.8. The van der Waals surface area contributed by atoms with Gasteiger partial charge < -0.3 is 5.32 Å². The van der Waals surface area contributed by atoms with E-state index < -0.39 is 0 Å². The van der Waals surface area contributed by atoms with E-state index in [1.165, 1.54) is 51.7 Å². The van der Waals surface area contributed by atoms with Gasteiger partial charge in [0.15, 0.2) is 0 Å². The van der Waals surface area contributed by atoms with Gasteiger partial charge in [-0.15, -0.1) is 0 Å². The van der Waals surface area contributed by atoms with Gasteiger partial charge in [-0.1, -0.05) is 41.0 Å². The molecule has 1 saturated heterocycles. The van der Waals surface area contributed by atoms with Gasteiger partial charge >= 0.3 is 0 Å². The average Bonchev–Trinajstić information content (AvgIpc) is 2.36. The van der Waals surface area contributed by atoms with E-state index in [0.717, 1.165) is 12.0 Å². The topological polar surface area (TPSA) is 15.3 Å². The summed E-state index contributed by atoms with van der Waals surface area (Å²) >= 11 is 0. The minimum Gasteiger partial charge on any atom is -0.308 e. The van der Waals surface area contributed by atoms with E-state index >= 15 is 0 Å². The smallest absolute Gasteiger partial charge is 0.0304 e. The van der Waals surface area contributed by atoms with Gasteiger partial charge in [0.2, 0.25) is 0 Å². The maximum atomic E-state index is 3.87. The molecule has 2 rings (SSSR count). The lowest BCUT2D eigenvalue weighted by atomic mass is 9.69. The quantitative estimate of drug-likeness (QED) is 0.817. The average molecular weight is 266 g/mol. The van der Waals surface area contributed by atoms with Crippen molar-refractivity contribution >= 4 is 0 Å². The van der Waals surface area contributed by atoms with Crippen LogP contribution in [-0.2, 0) is 0 Å². The largest absolute Gasteiger partial charge is 0.308 e. The highest BCUT2D eigenvalue weighted by Crippen LogP contribution is 2.42. The Bertz CT molecular complexity index is 290. The molecule has 1 aliphatic carbocycles. The fourth-order valence-electron chi connectivity index (χ4n) is 3.99. The van der Waals surface area contributed by atoms with Crippen LogP contribution < -0.4 is 5.32 Å². The maximum Gasteiger partial charge on any atom is 0.0304 e. The Morgan fingerprint density at radius 1 is 1.21 bits per heavy atom. The molecule has 2 heteroatoms. The second-order valence-corrected chi connectivity index (χ2v) is 7.75. The van der Waals surface area contributed by atoms with Crippen LogP contribution in [0.3, 0.4) is 0 Å². The molecule has 0 amide bonds. The third-order valence-electron chi connectivity index (χ3n) is 5.93. The highest BCUT2D eigenvalue weighted by atomic mass is 15.3. The van der Waals surface area contributed by atoms with Crippen molar-refractivity contribution in [3.63, 3.8) is 0 Å². The highest BCUT2D eigenvalue weighted by Gasteiger charge is 2.42. The second kappa shape index (κ2) is 5.73. The summed E-state index contributed by atoms with van der Waals surface area (Å²) in [4.78, 5) is 2.83. The first-order chi connectivity index (χ1) is 8.94. The Kier molecular flexibility index (Phi) is 4.62. The van der Waals surface area contributed by atoms with Crippen molar-refractivity contribution in [1.29, 1.82) is 0 Å². The fourth-order valence-corrected chi connectivity index (χ4v) is 3.99. The third-order valence-corrected chi connectivity index (χ3v) is 5.93. The van der Waals surface area contributed by atoms with Crippen molar-refractivity contribution in [2.24, 2.45) is 11.3 Å². The molecule has 0 aromatic rings. The van der Waals surface area contributed by atoms with Gasteiger partial charge in [0.1, 0.15) is 0 Å². The van der Waals surface area contributed by atoms with Crippen LogP contribution >= 0.6 is 0 Å². The van der Waals surface area contributed by atoms with E-state index in [9.17, 15) is 0 Å². The Balaban J connectivity index is 2.08. The van der Waals surface area contributed by atoms with Gasteiger partial charge in [0.05, 0.1) is 0 Å². The molecule has 1 atom stereocenters. The van der Waals surface area contributed by atoms with E-state index in [1.807, 2.05) is 0 Å². The van der Waals surface area contributed by atoms with Crippen LogP contribution in [0.25, 0.3) is 0 Å². The summed E-state index contributed by atoms with van der Waals surface area (Å²) in [6.07, 6.45) is 6.82. The van der Waals surface area contributed by atoms with Gasteiger partial charge in [0, 0.05) is 31.2 Å². The maximum absolute atomic E-state index is 3.87. The predicted molar refractivity (Wildman–Crippen MR) is 83.5 cm³/mol. The van der Waals surface area contributed by atoms with Gasteiger partial charge in [-0.05, 0) is 37.0 Å². The molecule has 0 spiro atoms. The van der Waals surface area contributed by atoms with Crippen molar-refractivity contribution in [3.05, 3.63) is 0 Å². The Labute approximate surface area is 120 Å². The molecule has 2 nitrogen and oxygen atoms in total. The highest BCUT2D eigenvalue weighted by molar-refractivity contribution is 5.00. The zero-order chi connectivity index (χ0) is 14.1. The van der Waals surface area contributed by atoms with Crippen molar-refractivity contribution in [2.75, 3.05) is 19.6 Å². The molecule has 0 aromatic carbocycles. The predicted octanol–water partition coefficient (Wildman–Crippen LogP) is 3.67. The summed E-state index contributed by atoms with van der Waals surface area (Å²) in [6, 6.07) is 0.726. The summed E-state index contributed by atoms with van der Waals surface area (Å²) in [5.41, 5.74) is 0.975. The third kappa shape index (κ3) is 3.16. The minimum absolute atomic E-state index is 0.367. The molecular weight excluding hydrogens is 232 g/mol. The van der Waals surface area contributed by atoms with E-state index in [4.69, 9.17) is 0 Å². The molecule has 19 heavy (non-hydrogen) atoms. The SMILES string of the molecule is CCC1(CC)CN(CC2(C)CCC2)C(C(C)C)CN1. The lowest BCUT2D eigenvalue weighted by Gasteiger charge is -2.53. The molecule has 0 radical (unpaired) electrons. The van der Waals surface area contributed by atoms with Crippen molar-refractivity contribution < 1.29 is 0 Å². The molecule has 112 valence electrons. The van der Waals surface area contributed by atoms with Crippen LogP contribution in [0.1, 0.15) is 66.7 Å². The molecule has 1 N–H and O–H groups in total. The number of piperazine rings is 1. The molecule has 1 unspecified atom stereocenters. The monoisotopic (exact) mass is 266 g/mol. The van der Waals surface area contributed by atoms with Crippen LogP contribution in [0.15, 0.2) is 0 Å². The van der Waals surface area contributed by atoms with E-state index in [-0.39, 0.29) is 0 Å². The number of hydrogen-bond acceptors (Lipinski definition) is 2. The summed E-state index contributed by atoms with van der Waals surface area (Å²) in [5, 5.41) is 3.87. The summed E-state index contributed by atoms with van der Waals surface area (Å²) in [7, 11) is 0. The number of nitrogens with zero attached hydrogens (tertiary/aromatic N) is 1. The first-order valence-electron chi connectivity index (χ1n) is 8.43. The van der Waals surface area contributed by atoms with Gasteiger partial charge in [-0.3, -0.25) is 4.90 Å². The van der Waals surface area contributed by atoms with Crippen molar-refractivity contribution in [3.8, 4) is 0 Å². The first-order valence-corrected chi connectivity index (χ1v) is 8.43. The van der Waals surface area contributed by atoms with Crippen LogP contribution in [0, 0.1) is 11.3 Å². The zero-order valence-corrected chi connectivity index (χ0v) is 13.8. The molecule has 1 aliphatic heterocycles. The summed E-state index contributed by atoms with van der Waals surface area (Å²) in [6.45, 7) is 15.7.